The van der Waals surface area contributed by atoms with Crippen molar-refractivity contribution < 1.29 is 4.84 Å². The van der Waals surface area contributed by atoms with Crippen LogP contribution < -0.4 is 5.48 Å². The van der Waals surface area contributed by atoms with Gasteiger partial charge in [0.2, 0.25) is 0 Å². The lowest BCUT2D eigenvalue weighted by Gasteiger charge is -2.04. The van der Waals surface area contributed by atoms with Crippen LogP contribution in [0, 0.1) is 0 Å². The highest BCUT2D eigenvalue weighted by molar-refractivity contribution is 5.39. The first-order valence-corrected chi connectivity index (χ1v) is 3.97. The molecular formula is C10H13NO. The SMILES string of the molecule is C=CCCONc1ccccc1. The molecule has 0 fully saturated rings. The van der Waals surface area contributed by atoms with Crippen LogP contribution in [-0.4, -0.2) is 6.61 Å². The molecule has 0 aliphatic carbocycles. The third kappa shape index (κ3) is 3.21. The summed E-state index contributed by atoms with van der Waals surface area (Å²) in [6.45, 7) is 4.25. The second-order valence-electron chi connectivity index (χ2n) is 2.39. The van der Waals surface area contributed by atoms with E-state index in [0.717, 1.165) is 12.1 Å². The summed E-state index contributed by atoms with van der Waals surface area (Å²) in [5.74, 6) is 0. The lowest BCUT2D eigenvalue weighted by Crippen LogP contribution is -2.01. The third-order valence-electron chi connectivity index (χ3n) is 1.39. The number of anilines is 1. The van der Waals surface area contributed by atoms with Gasteiger partial charge in [-0.2, -0.15) is 0 Å². The molecule has 0 amide bonds. The Labute approximate surface area is 72.8 Å². The minimum atomic E-state index is 0.651. The van der Waals surface area contributed by atoms with Gasteiger partial charge in [0.25, 0.3) is 0 Å². The Morgan fingerprint density at radius 3 is 2.75 bits per heavy atom. The molecular weight excluding hydrogens is 150 g/mol. The largest absolute Gasteiger partial charge is 0.276 e. The van der Waals surface area contributed by atoms with E-state index in [1.807, 2.05) is 36.4 Å². The van der Waals surface area contributed by atoms with Crippen molar-refractivity contribution in [1.29, 1.82) is 0 Å². The highest BCUT2D eigenvalue weighted by Gasteiger charge is 1.86. The lowest BCUT2D eigenvalue weighted by molar-refractivity contribution is 0.199. The fraction of sp³-hybridized carbons (Fsp3) is 0.200. The summed E-state index contributed by atoms with van der Waals surface area (Å²) in [5.41, 5.74) is 3.81. The number of benzene rings is 1. The van der Waals surface area contributed by atoms with Crippen LogP contribution >= 0.6 is 0 Å². The highest BCUT2D eigenvalue weighted by atomic mass is 16.6. The van der Waals surface area contributed by atoms with Gasteiger partial charge in [-0.25, -0.2) is 0 Å². The number of para-hydroxylation sites is 1. The quantitative estimate of drug-likeness (QED) is 0.409. The van der Waals surface area contributed by atoms with Crippen molar-refractivity contribution in [3.05, 3.63) is 43.0 Å². The summed E-state index contributed by atoms with van der Waals surface area (Å²) in [6.07, 6.45) is 2.69. The van der Waals surface area contributed by atoms with Crippen LogP contribution in [0.15, 0.2) is 43.0 Å². The smallest absolute Gasteiger partial charge is 0.0780 e. The maximum absolute atomic E-state index is 5.14. The molecule has 2 heteroatoms. The van der Waals surface area contributed by atoms with Crippen molar-refractivity contribution in [2.75, 3.05) is 12.1 Å². The fourth-order valence-corrected chi connectivity index (χ4v) is 0.783. The molecule has 2 nitrogen and oxygen atoms in total. The van der Waals surface area contributed by atoms with Crippen LogP contribution in [-0.2, 0) is 4.84 Å². The summed E-state index contributed by atoms with van der Waals surface area (Å²) in [7, 11) is 0. The molecule has 0 unspecified atom stereocenters. The summed E-state index contributed by atoms with van der Waals surface area (Å²) >= 11 is 0. The normalized spacial score (nSPS) is 9.33. The molecule has 0 bridgehead atoms. The van der Waals surface area contributed by atoms with E-state index in [0.29, 0.717) is 6.61 Å². The number of hydrogen-bond acceptors (Lipinski definition) is 2. The van der Waals surface area contributed by atoms with Crippen molar-refractivity contribution in [2.24, 2.45) is 0 Å². The van der Waals surface area contributed by atoms with Gasteiger partial charge in [0, 0.05) is 0 Å². The predicted molar refractivity (Wildman–Crippen MR) is 50.8 cm³/mol. The van der Waals surface area contributed by atoms with Crippen LogP contribution in [0.5, 0.6) is 0 Å². The Balaban J connectivity index is 2.20. The van der Waals surface area contributed by atoms with Crippen LogP contribution in [0.2, 0.25) is 0 Å². The molecule has 1 rings (SSSR count). The minimum absolute atomic E-state index is 0.651. The van der Waals surface area contributed by atoms with E-state index in [2.05, 4.69) is 12.1 Å². The Kier molecular flexibility index (Phi) is 3.95. The van der Waals surface area contributed by atoms with Crippen LogP contribution in [0.4, 0.5) is 5.69 Å². The van der Waals surface area contributed by atoms with Crippen LogP contribution in [0.3, 0.4) is 0 Å². The van der Waals surface area contributed by atoms with Crippen LogP contribution in [0.25, 0.3) is 0 Å². The molecule has 0 saturated carbocycles. The van der Waals surface area contributed by atoms with E-state index in [4.69, 9.17) is 4.84 Å². The van der Waals surface area contributed by atoms with E-state index < -0.39 is 0 Å². The first-order chi connectivity index (χ1) is 5.93. The van der Waals surface area contributed by atoms with E-state index in [1.54, 1.807) is 0 Å². The molecule has 1 aromatic carbocycles. The first kappa shape index (κ1) is 8.81. The second kappa shape index (κ2) is 5.38. The average molecular weight is 163 g/mol. The minimum Gasteiger partial charge on any atom is -0.276 e. The van der Waals surface area contributed by atoms with Gasteiger partial charge in [0.1, 0.15) is 0 Å². The molecule has 1 N–H and O–H groups in total. The molecule has 64 valence electrons. The van der Waals surface area contributed by atoms with Gasteiger partial charge in [-0.05, 0) is 18.6 Å². The molecule has 0 radical (unpaired) electrons. The Hall–Kier alpha value is -1.28. The summed E-state index contributed by atoms with van der Waals surface area (Å²) in [5, 5.41) is 0. The van der Waals surface area contributed by atoms with Crippen molar-refractivity contribution in [2.45, 2.75) is 6.42 Å². The van der Waals surface area contributed by atoms with Gasteiger partial charge in [-0.1, -0.05) is 24.3 Å². The van der Waals surface area contributed by atoms with Crippen molar-refractivity contribution in [1.82, 2.24) is 0 Å². The fourth-order valence-electron chi connectivity index (χ4n) is 0.783. The molecule has 0 heterocycles. The van der Waals surface area contributed by atoms with Gasteiger partial charge in [0.15, 0.2) is 0 Å². The third-order valence-corrected chi connectivity index (χ3v) is 1.39. The monoisotopic (exact) mass is 163 g/mol. The van der Waals surface area contributed by atoms with Crippen molar-refractivity contribution in [3.8, 4) is 0 Å². The topological polar surface area (TPSA) is 21.3 Å². The van der Waals surface area contributed by atoms with Gasteiger partial charge >= 0.3 is 0 Å². The Morgan fingerprint density at radius 2 is 2.08 bits per heavy atom. The summed E-state index contributed by atoms with van der Waals surface area (Å²) < 4.78 is 0. The molecule has 1 aromatic rings. The number of nitrogens with one attached hydrogen (secondary N) is 1. The molecule has 0 aliphatic heterocycles. The van der Waals surface area contributed by atoms with E-state index in [9.17, 15) is 0 Å². The molecule has 0 aromatic heterocycles. The summed E-state index contributed by atoms with van der Waals surface area (Å²) in [4.78, 5) is 5.14. The highest BCUT2D eigenvalue weighted by Crippen LogP contribution is 2.04. The molecule has 0 atom stereocenters. The second-order valence-corrected chi connectivity index (χ2v) is 2.39. The number of rotatable bonds is 5. The molecule has 0 saturated heterocycles. The lowest BCUT2D eigenvalue weighted by atomic mass is 10.3. The van der Waals surface area contributed by atoms with E-state index in [1.165, 1.54) is 0 Å². The van der Waals surface area contributed by atoms with E-state index >= 15 is 0 Å². The summed E-state index contributed by atoms with van der Waals surface area (Å²) in [6, 6.07) is 9.79. The average Bonchev–Trinajstić information content (AvgIpc) is 2.14. The maximum atomic E-state index is 5.14. The molecule has 0 aliphatic rings. The van der Waals surface area contributed by atoms with E-state index in [-0.39, 0.29) is 0 Å². The first-order valence-electron chi connectivity index (χ1n) is 3.97. The van der Waals surface area contributed by atoms with Gasteiger partial charge in [-0.15, -0.1) is 6.58 Å². The number of hydrogen-bond donors (Lipinski definition) is 1. The van der Waals surface area contributed by atoms with Gasteiger partial charge in [-0.3, -0.25) is 10.3 Å². The standard InChI is InChI=1S/C10H13NO/c1-2-3-9-12-11-10-7-5-4-6-8-10/h2,4-8,11H,1,3,9H2. The van der Waals surface area contributed by atoms with Gasteiger partial charge in [0.05, 0.1) is 12.3 Å². The Morgan fingerprint density at radius 1 is 1.33 bits per heavy atom. The molecule has 12 heavy (non-hydrogen) atoms. The van der Waals surface area contributed by atoms with Crippen molar-refractivity contribution >= 4 is 5.69 Å². The zero-order valence-electron chi connectivity index (χ0n) is 6.99. The van der Waals surface area contributed by atoms with Crippen molar-refractivity contribution in [3.63, 3.8) is 0 Å². The molecule has 0 spiro atoms. The predicted octanol–water partition coefficient (Wildman–Crippen LogP) is 2.61. The zero-order chi connectivity index (χ0) is 8.65. The van der Waals surface area contributed by atoms with Gasteiger partial charge < -0.3 is 0 Å². The maximum Gasteiger partial charge on any atom is 0.0780 e. The zero-order valence-corrected chi connectivity index (χ0v) is 6.99. The van der Waals surface area contributed by atoms with Crippen LogP contribution in [0.1, 0.15) is 6.42 Å². The Bertz CT molecular complexity index is 221.